The molecule has 1 fully saturated rings. The van der Waals surface area contributed by atoms with Gasteiger partial charge in [-0.3, -0.25) is 4.90 Å². The van der Waals surface area contributed by atoms with Crippen LogP contribution in [0.3, 0.4) is 0 Å². The van der Waals surface area contributed by atoms with E-state index in [1.54, 1.807) is 7.11 Å². The molecule has 0 aromatic heterocycles. The molecule has 1 saturated heterocycles. The number of rotatable bonds is 4. The third-order valence-electron chi connectivity index (χ3n) is 5.99. The molecule has 28 heavy (non-hydrogen) atoms. The number of fused-ring (bicyclic) bond motifs is 4. The molecule has 0 amide bonds. The Kier molecular flexibility index (Phi) is 4.49. The van der Waals surface area contributed by atoms with Gasteiger partial charge in [0.1, 0.15) is 5.75 Å². The molecule has 0 radical (unpaired) electrons. The second-order valence-electron chi connectivity index (χ2n) is 7.80. The molecule has 5 nitrogen and oxygen atoms in total. The number of piperidine rings is 1. The van der Waals surface area contributed by atoms with Crippen molar-refractivity contribution in [3.63, 3.8) is 0 Å². The van der Waals surface area contributed by atoms with Crippen molar-refractivity contribution < 1.29 is 19.3 Å². The molecule has 5 rings (SSSR count). The van der Waals surface area contributed by atoms with Gasteiger partial charge in [0.15, 0.2) is 11.5 Å². The standard InChI is InChI=1S/C23H25NO4/c1-26-18-4-5-19-17(12-24-6-2-3-15(11-24)13-25)7-16-8-22-23(28-14-27-22)10-20(16)21(19)9-18/h4-5,7-10,15,25H,2-3,6,11-14H2,1H3/t15-/m0/s1. The summed E-state index contributed by atoms with van der Waals surface area (Å²) in [5.74, 6) is 2.83. The lowest BCUT2D eigenvalue weighted by atomic mass is 9.94. The minimum Gasteiger partial charge on any atom is -0.497 e. The minimum absolute atomic E-state index is 0.273. The Morgan fingerprint density at radius 2 is 1.93 bits per heavy atom. The Balaban J connectivity index is 1.64. The molecule has 1 N–H and O–H groups in total. The molecule has 0 saturated carbocycles. The van der Waals surface area contributed by atoms with Crippen LogP contribution in [0.4, 0.5) is 0 Å². The van der Waals surface area contributed by atoms with Gasteiger partial charge in [0, 0.05) is 19.7 Å². The van der Waals surface area contributed by atoms with Gasteiger partial charge in [-0.1, -0.05) is 6.07 Å². The number of ether oxygens (including phenoxy) is 3. The van der Waals surface area contributed by atoms with Crippen LogP contribution in [0, 0.1) is 5.92 Å². The molecular weight excluding hydrogens is 354 g/mol. The zero-order valence-corrected chi connectivity index (χ0v) is 16.1. The SMILES string of the molecule is COc1ccc2c(CN3CCC[C@H](CO)C3)cc3cc4c(cc3c2c1)OCO4. The predicted octanol–water partition coefficient (Wildman–Crippen LogP) is 3.93. The van der Waals surface area contributed by atoms with E-state index in [1.165, 1.54) is 16.3 Å². The Labute approximate surface area is 164 Å². The highest BCUT2D eigenvalue weighted by molar-refractivity contribution is 6.10. The molecule has 2 heterocycles. The Hall–Kier alpha value is -2.50. The van der Waals surface area contributed by atoms with Crippen molar-refractivity contribution in [2.24, 2.45) is 5.92 Å². The van der Waals surface area contributed by atoms with Crippen molar-refractivity contribution in [3.8, 4) is 17.2 Å². The summed E-state index contributed by atoms with van der Waals surface area (Å²) < 4.78 is 16.7. The number of methoxy groups -OCH3 is 1. The topological polar surface area (TPSA) is 51.2 Å². The molecule has 2 aliphatic rings. The normalized spacial score (nSPS) is 19.4. The summed E-state index contributed by atoms with van der Waals surface area (Å²) in [4.78, 5) is 2.46. The third kappa shape index (κ3) is 3.05. The first-order valence-corrected chi connectivity index (χ1v) is 9.91. The zero-order valence-electron chi connectivity index (χ0n) is 16.1. The van der Waals surface area contributed by atoms with Crippen LogP contribution in [-0.2, 0) is 6.54 Å². The number of hydrogen-bond acceptors (Lipinski definition) is 5. The minimum atomic E-state index is 0.273. The fourth-order valence-corrected chi connectivity index (χ4v) is 4.54. The van der Waals surface area contributed by atoms with Gasteiger partial charge in [-0.2, -0.15) is 0 Å². The van der Waals surface area contributed by atoms with E-state index < -0.39 is 0 Å². The van der Waals surface area contributed by atoms with Crippen molar-refractivity contribution >= 4 is 21.5 Å². The van der Waals surface area contributed by atoms with Gasteiger partial charge in [-0.15, -0.1) is 0 Å². The first kappa shape index (κ1) is 17.6. The van der Waals surface area contributed by atoms with E-state index in [0.717, 1.165) is 60.5 Å². The highest BCUT2D eigenvalue weighted by atomic mass is 16.7. The molecular formula is C23H25NO4. The smallest absolute Gasteiger partial charge is 0.231 e. The van der Waals surface area contributed by atoms with Gasteiger partial charge in [-0.05, 0) is 82.7 Å². The predicted molar refractivity (Wildman–Crippen MR) is 109 cm³/mol. The van der Waals surface area contributed by atoms with Crippen LogP contribution in [0.2, 0.25) is 0 Å². The second kappa shape index (κ2) is 7.15. The average Bonchev–Trinajstić information content (AvgIpc) is 3.19. The fraction of sp³-hybridized carbons (Fsp3) is 0.391. The van der Waals surface area contributed by atoms with Crippen LogP contribution in [0.25, 0.3) is 21.5 Å². The largest absolute Gasteiger partial charge is 0.497 e. The number of aliphatic hydroxyl groups excluding tert-OH is 1. The first-order chi connectivity index (χ1) is 13.7. The zero-order chi connectivity index (χ0) is 19.1. The van der Waals surface area contributed by atoms with Crippen molar-refractivity contribution in [2.75, 3.05) is 33.6 Å². The van der Waals surface area contributed by atoms with E-state index in [4.69, 9.17) is 14.2 Å². The number of aliphatic hydroxyl groups is 1. The van der Waals surface area contributed by atoms with Crippen LogP contribution in [0.1, 0.15) is 18.4 Å². The summed E-state index contributed by atoms with van der Waals surface area (Å²) in [7, 11) is 1.70. The number of benzene rings is 3. The summed E-state index contributed by atoms with van der Waals surface area (Å²) in [5, 5.41) is 14.3. The maximum absolute atomic E-state index is 9.57. The lowest BCUT2D eigenvalue weighted by Crippen LogP contribution is -2.36. The van der Waals surface area contributed by atoms with E-state index in [1.807, 2.05) is 6.07 Å². The van der Waals surface area contributed by atoms with Gasteiger partial charge >= 0.3 is 0 Å². The van der Waals surface area contributed by atoms with Gasteiger partial charge in [0.25, 0.3) is 0 Å². The van der Waals surface area contributed by atoms with Crippen molar-refractivity contribution in [3.05, 3.63) is 42.0 Å². The van der Waals surface area contributed by atoms with E-state index >= 15 is 0 Å². The van der Waals surface area contributed by atoms with Crippen molar-refractivity contribution in [1.29, 1.82) is 0 Å². The summed E-state index contributed by atoms with van der Waals surface area (Å²) in [6, 6.07) is 12.7. The second-order valence-corrected chi connectivity index (χ2v) is 7.80. The molecule has 5 heteroatoms. The summed E-state index contributed by atoms with van der Waals surface area (Å²) >= 11 is 0. The van der Waals surface area contributed by atoms with Crippen molar-refractivity contribution in [2.45, 2.75) is 19.4 Å². The van der Waals surface area contributed by atoms with E-state index in [-0.39, 0.29) is 13.4 Å². The molecule has 3 aromatic rings. The summed E-state index contributed by atoms with van der Waals surface area (Å²) in [6.45, 7) is 3.45. The Bertz CT molecular complexity index is 1030. The lowest BCUT2D eigenvalue weighted by Gasteiger charge is -2.32. The molecule has 0 aliphatic carbocycles. The summed E-state index contributed by atoms with van der Waals surface area (Å²) in [6.07, 6.45) is 2.26. The first-order valence-electron chi connectivity index (χ1n) is 9.91. The highest BCUT2D eigenvalue weighted by Gasteiger charge is 2.21. The van der Waals surface area contributed by atoms with Crippen LogP contribution in [0.5, 0.6) is 17.2 Å². The average molecular weight is 379 g/mol. The lowest BCUT2D eigenvalue weighted by molar-refractivity contribution is 0.116. The van der Waals surface area contributed by atoms with E-state index in [2.05, 4.69) is 35.2 Å². The number of nitrogens with zero attached hydrogens (tertiary/aromatic N) is 1. The van der Waals surface area contributed by atoms with Crippen molar-refractivity contribution in [1.82, 2.24) is 4.90 Å². The van der Waals surface area contributed by atoms with Gasteiger partial charge in [0.05, 0.1) is 7.11 Å². The Morgan fingerprint density at radius 1 is 1.07 bits per heavy atom. The van der Waals surface area contributed by atoms with Crippen LogP contribution in [0.15, 0.2) is 36.4 Å². The Morgan fingerprint density at radius 3 is 2.75 bits per heavy atom. The molecule has 0 bridgehead atoms. The molecule has 146 valence electrons. The number of hydrogen-bond donors (Lipinski definition) is 1. The number of likely N-dealkylation sites (tertiary alicyclic amines) is 1. The molecule has 0 unspecified atom stereocenters. The van der Waals surface area contributed by atoms with Crippen LogP contribution >= 0.6 is 0 Å². The highest BCUT2D eigenvalue weighted by Crippen LogP contribution is 2.40. The maximum Gasteiger partial charge on any atom is 0.231 e. The van der Waals surface area contributed by atoms with Gasteiger partial charge in [0.2, 0.25) is 6.79 Å². The molecule has 3 aromatic carbocycles. The van der Waals surface area contributed by atoms with Gasteiger partial charge < -0.3 is 19.3 Å². The van der Waals surface area contributed by atoms with Gasteiger partial charge in [-0.25, -0.2) is 0 Å². The van der Waals surface area contributed by atoms with E-state index in [0.29, 0.717) is 5.92 Å². The fourth-order valence-electron chi connectivity index (χ4n) is 4.54. The monoisotopic (exact) mass is 379 g/mol. The molecule has 2 aliphatic heterocycles. The molecule has 0 spiro atoms. The van der Waals surface area contributed by atoms with Crippen LogP contribution in [-0.4, -0.2) is 43.6 Å². The quantitative estimate of drug-likeness (QED) is 0.696. The third-order valence-corrected chi connectivity index (χ3v) is 5.99. The van der Waals surface area contributed by atoms with E-state index in [9.17, 15) is 5.11 Å². The molecule has 1 atom stereocenters. The maximum atomic E-state index is 9.57. The van der Waals surface area contributed by atoms with Crippen LogP contribution < -0.4 is 14.2 Å². The summed E-state index contributed by atoms with van der Waals surface area (Å²) in [5.41, 5.74) is 1.29.